The van der Waals surface area contributed by atoms with E-state index in [9.17, 15) is 17.3 Å². The van der Waals surface area contributed by atoms with Gasteiger partial charge in [-0.05, 0) is 0 Å². The average Bonchev–Trinajstić information content (AvgIpc) is 2.84. The van der Waals surface area contributed by atoms with Crippen LogP contribution in [0.2, 0.25) is 0 Å². The number of rotatable bonds is 10. The fraction of sp³-hybridized carbons (Fsp3) is 0.200. The van der Waals surface area contributed by atoms with Gasteiger partial charge in [-0.2, -0.15) is 0 Å². The van der Waals surface area contributed by atoms with Crippen LogP contribution in [-0.2, 0) is 36.1 Å². The first kappa shape index (κ1) is 31.7. The second-order valence-electron chi connectivity index (χ2n) is 5.90. The SMILES string of the molecule is CON=C(B(F)F)C(=NOC)c1ccccc1.CON=C(B(F)F)C(=NOC)c1ccccc1.[Co+2]. The molecule has 0 bridgehead atoms. The van der Waals surface area contributed by atoms with Gasteiger partial charge in [-0.15, -0.1) is 0 Å². The molecule has 1 radical (unpaired) electrons. The number of hydrogen-bond donors (Lipinski definition) is 0. The molecule has 0 saturated carbocycles. The summed E-state index contributed by atoms with van der Waals surface area (Å²) in [7, 11) is -0.666. The molecule has 0 N–H and O–H groups in total. The van der Waals surface area contributed by atoms with Gasteiger partial charge in [0.25, 0.3) is 0 Å². The molecule has 2 aromatic rings. The van der Waals surface area contributed by atoms with Crippen molar-refractivity contribution in [2.45, 2.75) is 0 Å². The van der Waals surface area contributed by atoms with Crippen molar-refractivity contribution in [1.29, 1.82) is 0 Å². The van der Waals surface area contributed by atoms with E-state index in [1.54, 1.807) is 60.7 Å². The second-order valence-corrected chi connectivity index (χ2v) is 5.90. The minimum atomic E-state index is -2.80. The molecule has 0 heterocycles. The van der Waals surface area contributed by atoms with Gasteiger partial charge >= 0.3 is 31.3 Å². The summed E-state index contributed by atoms with van der Waals surface area (Å²) in [6.45, 7) is 0. The number of hydrogen-bond acceptors (Lipinski definition) is 8. The Kier molecular flexibility index (Phi) is 16.3. The van der Waals surface area contributed by atoms with Gasteiger partial charge in [0.05, 0.1) is 0 Å². The Morgan fingerprint density at radius 3 is 1.06 bits per heavy atom. The van der Waals surface area contributed by atoms with E-state index in [4.69, 9.17) is 0 Å². The van der Waals surface area contributed by atoms with Gasteiger partial charge in [0.2, 0.25) is 0 Å². The molecular weight excluding hydrogens is 517 g/mol. The summed E-state index contributed by atoms with van der Waals surface area (Å²) >= 11 is 0. The van der Waals surface area contributed by atoms with Crippen LogP contribution in [0.25, 0.3) is 0 Å². The van der Waals surface area contributed by atoms with E-state index in [-0.39, 0.29) is 28.2 Å². The maximum absolute atomic E-state index is 12.8. The third-order valence-electron chi connectivity index (χ3n) is 3.74. The van der Waals surface area contributed by atoms with E-state index < -0.39 is 25.8 Å². The van der Waals surface area contributed by atoms with Crippen LogP contribution >= 0.6 is 0 Å². The Morgan fingerprint density at radius 1 is 0.543 bits per heavy atom. The van der Waals surface area contributed by atoms with Crippen molar-refractivity contribution in [3.05, 3.63) is 71.8 Å². The molecule has 0 aromatic heterocycles. The van der Waals surface area contributed by atoms with Crippen molar-refractivity contribution in [2.24, 2.45) is 20.6 Å². The van der Waals surface area contributed by atoms with Crippen LogP contribution in [0.3, 0.4) is 0 Å². The van der Waals surface area contributed by atoms with E-state index in [0.29, 0.717) is 11.1 Å². The fourth-order valence-electron chi connectivity index (χ4n) is 2.44. The fourth-order valence-corrected chi connectivity index (χ4v) is 2.44. The third-order valence-corrected chi connectivity index (χ3v) is 3.74. The standard InChI is InChI=1S/2C10H11BF2N2O2.Co/c2*1-16-14-9(8-6-4-3-5-7-8)10(11(12)13)15-17-2;/h2*3-7H,1-2H3;/q;;+2. The molecule has 187 valence electrons. The number of benzene rings is 2. The minimum absolute atomic E-state index is 0. The first-order chi connectivity index (χ1) is 16.4. The van der Waals surface area contributed by atoms with Crippen LogP contribution < -0.4 is 0 Å². The summed E-state index contributed by atoms with van der Waals surface area (Å²) in [5, 5.41) is 13.7. The van der Waals surface area contributed by atoms with E-state index in [0.717, 1.165) is 0 Å². The quantitative estimate of drug-likeness (QED) is 0.198. The topological polar surface area (TPSA) is 86.4 Å². The third kappa shape index (κ3) is 10.6. The van der Waals surface area contributed by atoms with Gasteiger partial charge in [0.1, 0.15) is 51.1 Å². The maximum Gasteiger partial charge on any atom is 2.00 e. The van der Waals surface area contributed by atoms with Crippen LogP contribution in [0.4, 0.5) is 17.3 Å². The van der Waals surface area contributed by atoms with Gasteiger partial charge in [0.15, 0.2) is 0 Å². The smallest absolute Gasteiger partial charge is 0.399 e. The minimum Gasteiger partial charge on any atom is -0.399 e. The summed E-state index contributed by atoms with van der Waals surface area (Å²) in [5.41, 5.74) is -0.285. The van der Waals surface area contributed by atoms with Gasteiger partial charge in [0, 0.05) is 11.1 Å². The van der Waals surface area contributed by atoms with Gasteiger partial charge < -0.3 is 19.4 Å². The van der Waals surface area contributed by atoms with Gasteiger partial charge in [-0.1, -0.05) is 81.3 Å². The normalized spacial score (nSPS) is 11.9. The predicted molar refractivity (Wildman–Crippen MR) is 125 cm³/mol. The monoisotopic (exact) mass is 539 g/mol. The Morgan fingerprint density at radius 2 is 0.829 bits per heavy atom. The Bertz CT molecular complexity index is 906. The first-order valence-corrected chi connectivity index (χ1v) is 9.53. The largest absolute Gasteiger partial charge is 2.00 e. The van der Waals surface area contributed by atoms with Crippen molar-refractivity contribution in [3.8, 4) is 0 Å². The van der Waals surface area contributed by atoms with Crippen LogP contribution in [0.15, 0.2) is 81.3 Å². The summed E-state index contributed by atoms with van der Waals surface area (Å²) in [4.78, 5) is 17.9. The summed E-state index contributed by atoms with van der Waals surface area (Å²) in [6.07, 6.45) is 0. The van der Waals surface area contributed by atoms with Crippen LogP contribution in [0.1, 0.15) is 11.1 Å². The molecule has 0 fully saturated rings. The average molecular weight is 539 g/mol. The summed E-state index contributed by atoms with van der Waals surface area (Å²) in [6, 6.07) is 16.9. The van der Waals surface area contributed by atoms with Crippen molar-refractivity contribution < 1.29 is 53.4 Å². The number of halogens is 4. The molecule has 0 aliphatic heterocycles. The maximum atomic E-state index is 12.8. The first-order valence-electron chi connectivity index (χ1n) is 9.53. The van der Waals surface area contributed by atoms with E-state index in [1.807, 2.05) is 0 Å². The Labute approximate surface area is 211 Å². The van der Waals surface area contributed by atoms with E-state index >= 15 is 0 Å². The van der Waals surface area contributed by atoms with Crippen molar-refractivity contribution >= 4 is 37.2 Å². The Hall–Kier alpha value is -3.32. The van der Waals surface area contributed by atoms with Gasteiger partial charge in [-0.3, -0.25) is 17.3 Å². The van der Waals surface area contributed by atoms with Crippen LogP contribution in [-0.4, -0.2) is 65.6 Å². The second kappa shape index (κ2) is 18.1. The van der Waals surface area contributed by atoms with Crippen molar-refractivity contribution in [3.63, 3.8) is 0 Å². The van der Waals surface area contributed by atoms with Crippen molar-refractivity contribution in [1.82, 2.24) is 0 Å². The number of nitrogens with zero attached hydrogens (tertiary/aromatic N) is 4. The molecule has 8 nitrogen and oxygen atoms in total. The molecule has 2 aromatic carbocycles. The molecule has 0 unspecified atom stereocenters. The zero-order valence-corrected chi connectivity index (χ0v) is 20.2. The molecule has 0 atom stereocenters. The Balaban J connectivity index is 0.000000642. The van der Waals surface area contributed by atoms with E-state index in [2.05, 4.69) is 40.0 Å². The summed E-state index contributed by atoms with van der Waals surface area (Å²) in [5.74, 6) is 0. The molecule has 0 amide bonds. The predicted octanol–water partition coefficient (Wildman–Crippen LogP) is 4.01. The van der Waals surface area contributed by atoms with E-state index in [1.165, 1.54) is 28.4 Å². The molecule has 0 aliphatic rings. The van der Waals surface area contributed by atoms with Crippen LogP contribution in [0.5, 0.6) is 0 Å². The molecule has 15 heteroatoms. The molecule has 0 aliphatic carbocycles. The molecular formula is C20H22B2CoF4N4O4+2. The van der Waals surface area contributed by atoms with Crippen LogP contribution in [0, 0.1) is 0 Å². The summed E-state index contributed by atoms with van der Waals surface area (Å²) < 4.78 is 51.2. The molecule has 35 heavy (non-hydrogen) atoms. The van der Waals surface area contributed by atoms with Crippen molar-refractivity contribution in [2.75, 3.05) is 28.4 Å². The zero-order chi connectivity index (χ0) is 25.3. The zero-order valence-electron chi connectivity index (χ0n) is 19.2. The molecule has 2 rings (SSSR count). The number of oxime groups is 4. The van der Waals surface area contributed by atoms with Gasteiger partial charge in [-0.25, -0.2) is 0 Å². The molecule has 0 spiro atoms. The molecule has 0 saturated heterocycles.